The minimum atomic E-state index is -0.432. The summed E-state index contributed by atoms with van der Waals surface area (Å²) in [5.41, 5.74) is 2.09. The molecule has 0 aliphatic carbocycles. The maximum Gasteiger partial charge on any atom is 0.228 e. The van der Waals surface area contributed by atoms with Crippen molar-refractivity contribution in [1.82, 2.24) is 5.32 Å². The first-order valence-electron chi connectivity index (χ1n) is 7.06. The number of carbonyl (C=O) groups excluding carboxylic acids is 1. The number of benzene rings is 2. The molecule has 0 bridgehead atoms. The van der Waals surface area contributed by atoms with E-state index >= 15 is 0 Å². The molecule has 2 N–H and O–H groups in total. The standard InChI is InChI=1S/C17H16FNO2S/c18-15-6-5-11(7-12(15)9-20)8-19-17(21)14-10-22-16-4-2-1-3-13(14)16/h1-7,14,20H,8-10H2,(H,19,21). The maximum atomic E-state index is 13.3. The summed E-state index contributed by atoms with van der Waals surface area (Å²) in [6, 6.07) is 12.4. The monoisotopic (exact) mass is 317 g/mol. The lowest BCUT2D eigenvalue weighted by Crippen LogP contribution is -2.29. The third-order valence-electron chi connectivity index (χ3n) is 3.76. The van der Waals surface area contributed by atoms with E-state index in [1.807, 2.05) is 24.3 Å². The predicted molar refractivity (Wildman–Crippen MR) is 84.1 cm³/mol. The molecule has 0 saturated carbocycles. The number of thioether (sulfide) groups is 1. The van der Waals surface area contributed by atoms with E-state index in [9.17, 15) is 9.18 Å². The Balaban J connectivity index is 1.66. The van der Waals surface area contributed by atoms with Crippen molar-refractivity contribution < 1.29 is 14.3 Å². The molecule has 3 nitrogen and oxygen atoms in total. The average molecular weight is 317 g/mol. The van der Waals surface area contributed by atoms with Gasteiger partial charge in [-0.2, -0.15) is 0 Å². The third kappa shape index (κ3) is 3.00. The van der Waals surface area contributed by atoms with E-state index in [4.69, 9.17) is 5.11 Å². The van der Waals surface area contributed by atoms with E-state index in [0.29, 0.717) is 6.54 Å². The van der Waals surface area contributed by atoms with Crippen molar-refractivity contribution in [1.29, 1.82) is 0 Å². The van der Waals surface area contributed by atoms with Gasteiger partial charge in [0.15, 0.2) is 0 Å². The molecule has 114 valence electrons. The number of fused-ring (bicyclic) bond motifs is 1. The molecule has 0 aromatic heterocycles. The van der Waals surface area contributed by atoms with Crippen molar-refractivity contribution in [3.05, 3.63) is 65.0 Å². The first kappa shape index (κ1) is 15.1. The fraction of sp³-hybridized carbons (Fsp3) is 0.235. The molecule has 0 spiro atoms. The Labute approximate surface area is 132 Å². The fourth-order valence-electron chi connectivity index (χ4n) is 2.55. The Morgan fingerprint density at radius 3 is 2.95 bits per heavy atom. The van der Waals surface area contributed by atoms with E-state index < -0.39 is 5.82 Å². The van der Waals surface area contributed by atoms with Gasteiger partial charge in [0.1, 0.15) is 5.82 Å². The molecule has 5 heteroatoms. The second-order valence-corrected chi connectivity index (χ2v) is 6.26. The minimum absolute atomic E-state index is 0.0210. The lowest BCUT2D eigenvalue weighted by Gasteiger charge is -2.12. The quantitative estimate of drug-likeness (QED) is 0.912. The van der Waals surface area contributed by atoms with Crippen molar-refractivity contribution in [2.75, 3.05) is 5.75 Å². The van der Waals surface area contributed by atoms with Crippen LogP contribution in [0.15, 0.2) is 47.4 Å². The first-order chi connectivity index (χ1) is 10.7. The van der Waals surface area contributed by atoms with Crippen molar-refractivity contribution in [3.8, 4) is 0 Å². The van der Waals surface area contributed by atoms with Gasteiger partial charge in [-0.25, -0.2) is 4.39 Å². The fourth-order valence-corrected chi connectivity index (χ4v) is 3.78. The Morgan fingerprint density at radius 1 is 1.32 bits per heavy atom. The topological polar surface area (TPSA) is 49.3 Å². The molecule has 3 rings (SSSR count). The third-order valence-corrected chi connectivity index (χ3v) is 4.95. The average Bonchev–Trinajstić information content (AvgIpc) is 2.98. The van der Waals surface area contributed by atoms with Crippen LogP contribution in [-0.4, -0.2) is 16.8 Å². The van der Waals surface area contributed by atoms with Crippen LogP contribution in [0.25, 0.3) is 0 Å². The van der Waals surface area contributed by atoms with Crippen LogP contribution in [0.5, 0.6) is 0 Å². The largest absolute Gasteiger partial charge is 0.392 e. The summed E-state index contributed by atoms with van der Waals surface area (Å²) >= 11 is 1.69. The van der Waals surface area contributed by atoms with Crippen LogP contribution in [0.3, 0.4) is 0 Å². The molecule has 0 saturated heterocycles. The van der Waals surface area contributed by atoms with Gasteiger partial charge in [-0.1, -0.05) is 24.3 Å². The van der Waals surface area contributed by atoms with Crippen LogP contribution >= 0.6 is 11.8 Å². The van der Waals surface area contributed by atoms with Crippen LogP contribution in [0, 0.1) is 5.82 Å². The molecule has 0 fully saturated rings. The number of rotatable bonds is 4. The Kier molecular flexibility index (Phi) is 4.45. The SMILES string of the molecule is O=C(NCc1ccc(F)c(CO)c1)C1CSc2ccccc21. The van der Waals surface area contributed by atoms with Gasteiger partial charge in [-0.3, -0.25) is 4.79 Å². The van der Waals surface area contributed by atoms with Crippen LogP contribution in [0.2, 0.25) is 0 Å². The van der Waals surface area contributed by atoms with Gasteiger partial charge in [-0.15, -0.1) is 11.8 Å². The summed E-state index contributed by atoms with van der Waals surface area (Å²) in [6.45, 7) is -0.0181. The first-order valence-corrected chi connectivity index (χ1v) is 8.05. The normalized spacial score (nSPS) is 16.4. The summed E-state index contributed by atoms with van der Waals surface area (Å²) in [7, 11) is 0. The molecule has 1 unspecified atom stereocenters. The van der Waals surface area contributed by atoms with Crippen LogP contribution in [-0.2, 0) is 17.9 Å². The molecule has 1 atom stereocenters. The molecule has 22 heavy (non-hydrogen) atoms. The summed E-state index contributed by atoms with van der Waals surface area (Å²) in [5, 5.41) is 12.0. The number of halogens is 1. The molecule has 1 amide bonds. The van der Waals surface area contributed by atoms with Crippen molar-refractivity contribution in [2.24, 2.45) is 0 Å². The van der Waals surface area contributed by atoms with E-state index in [1.54, 1.807) is 23.9 Å². The Morgan fingerprint density at radius 2 is 2.14 bits per heavy atom. The van der Waals surface area contributed by atoms with Gasteiger partial charge in [0.05, 0.1) is 12.5 Å². The van der Waals surface area contributed by atoms with E-state index in [1.165, 1.54) is 6.07 Å². The number of hydrogen-bond acceptors (Lipinski definition) is 3. The number of carbonyl (C=O) groups is 1. The van der Waals surface area contributed by atoms with Gasteiger partial charge >= 0.3 is 0 Å². The van der Waals surface area contributed by atoms with Gasteiger partial charge in [0.2, 0.25) is 5.91 Å². The van der Waals surface area contributed by atoms with Gasteiger partial charge in [-0.05, 0) is 29.3 Å². The van der Waals surface area contributed by atoms with E-state index in [0.717, 1.165) is 21.8 Å². The molecule has 1 aliphatic rings. The lowest BCUT2D eigenvalue weighted by molar-refractivity contribution is -0.122. The van der Waals surface area contributed by atoms with E-state index in [-0.39, 0.29) is 24.0 Å². The molecule has 2 aromatic rings. The molecular formula is C17H16FNO2S. The zero-order valence-corrected chi connectivity index (χ0v) is 12.7. The van der Waals surface area contributed by atoms with E-state index in [2.05, 4.69) is 5.32 Å². The summed E-state index contributed by atoms with van der Waals surface area (Å²) in [4.78, 5) is 13.5. The summed E-state index contributed by atoms with van der Waals surface area (Å²) in [5.74, 6) is 0.154. The second kappa shape index (κ2) is 6.50. The van der Waals surface area contributed by atoms with Gasteiger partial charge in [0, 0.05) is 22.8 Å². The highest BCUT2D eigenvalue weighted by molar-refractivity contribution is 7.99. The number of amides is 1. The second-order valence-electron chi connectivity index (χ2n) is 5.20. The molecule has 0 radical (unpaired) electrons. The molecular weight excluding hydrogens is 301 g/mol. The lowest BCUT2D eigenvalue weighted by atomic mass is 10.0. The highest BCUT2D eigenvalue weighted by atomic mass is 32.2. The Bertz CT molecular complexity index is 705. The highest BCUT2D eigenvalue weighted by Crippen LogP contribution is 2.39. The minimum Gasteiger partial charge on any atom is -0.392 e. The molecule has 1 heterocycles. The smallest absolute Gasteiger partial charge is 0.228 e. The molecule has 2 aromatic carbocycles. The zero-order valence-electron chi connectivity index (χ0n) is 11.9. The van der Waals surface area contributed by atoms with Gasteiger partial charge < -0.3 is 10.4 Å². The van der Waals surface area contributed by atoms with Crippen molar-refractivity contribution >= 4 is 17.7 Å². The number of nitrogens with one attached hydrogen (secondary N) is 1. The summed E-state index contributed by atoms with van der Waals surface area (Å²) in [6.07, 6.45) is 0. The number of aliphatic hydroxyl groups is 1. The number of hydrogen-bond donors (Lipinski definition) is 2. The predicted octanol–water partition coefficient (Wildman–Crippen LogP) is 2.82. The van der Waals surface area contributed by atoms with Crippen LogP contribution < -0.4 is 5.32 Å². The zero-order chi connectivity index (χ0) is 15.5. The van der Waals surface area contributed by atoms with Gasteiger partial charge in [0.25, 0.3) is 0 Å². The molecule has 1 aliphatic heterocycles. The Hall–Kier alpha value is -1.85. The highest BCUT2D eigenvalue weighted by Gasteiger charge is 2.28. The number of aliphatic hydroxyl groups excluding tert-OH is 1. The van der Waals surface area contributed by atoms with Crippen molar-refractivity contribution in [2.45, 2.75) is 24.0 Å². The van der Waals surface area contributed by atoms with Crippen LogP contribution in [0.4, 0.5) is 4.39 Å². The van der Waals surface area contributed by atoms with Crippen molar-refractivity contribution in [3.63, 3.8) is 0 Å². The maximum absolute atomic E-state index is 13.3. The van der Waals surface area contributed by atoms with Crippen LogP contribution in [0.1, 0.15) is 22.6 Å². The summed E-state index contributed by atoms with van der Waals surface area (Å²) < 4.78 is 13.3.